The van der Waals surface area contributed by atoms with Gasteiger partial charge in [0.25, 0.3) is 0 Å². The standard InChI is InChI=1S/C18H27N5O3S/c1-22(2)27(25,26)14-6-7-16-15(11-14)21-17(23(16)3)8-9-18(24)20-12-13-5-4-10-19-13/h6-7,11,13,19H,4-5,8-10,12H2,1-3H3,(H,20,24)/t13-/m0/s1. The average molecular weight is 394 g/mol. The summed E-state index contributed by atoms with van der Waals surface area (Å²) in [6.07, 6.45) is 3.12. The van der Waals surface area contributed by atoms with E-state index in [2.05, 4.69) is 15.6 Å². The summed E-state index contributed by atoms with van der Waals surface area (Å²) in [5.41, 5.74) is 1.46. The van der Waals surface area contributed by atoms with Crippen LogP contribution in [0.2, 0.25) is 0 Å². The number of fused-ring (bicyclic) bond motifs is 1. The largest absolute Gasteiger partial charge is 0.355 e. The van der Waals surface area contributed by atoms with E-state index in [1.807, 2.05) is 11.6 Å². The maximum Gasteiger partial charge on any atom is 0.242 e. The molecule has 1 aliphatic heterocycles. The van der Waals surface area contributed by atoms with Gasteiger partial charge in [-0.05, 0) is 37.6 Å². The average Bonchev–Trinajstić information content (AvgIpc) is 3.26. The molecule has 0 radical (unpaired) electrons. The van der Waals surface area contributed by atoms with E-state index in [-0.39, 0.29) is 10.8 Å². The van der Waals surface area contributed by atoms with Crippen molar-refractivity contribution >= 4 is 27.0 Å². The van der Waals surface area contributed by atoms with Crippen LogP contribution in [0, 0.1) is 0 Å². The van der Waals surface area contributed by atoms with Gasteiger partial charge in [0.1, 0.15) is 5.82 Å². The first kappa shape index (κ1) is 19.8. The van der Waals surface area contributed by atoms with Crippen molar-refractivity contribution in [3.8, 4) is 0 Å². The molecule has 8 nitrogen and oxygen atoms in total. The predicted octanol–water partition coefficient (Wildman–Crippen LogP) is 0.624. The zero-order valence-corrected chi connectivity index (χ0v) is 16.8. The highest BCUT2D eigenvalue weighted by Gasteiger charge is 2.19. The summed E-state index contributed by atoms with van der Waals surface area (Å²) in [5, 5.41) is 6.32. The Morgan fingerprint density at radius 3 is 2.85 bits per heavy atom. The second-order valence-electron chi connectivity index (χ2n) is 7.12. The molecule has 1 amide bonds. The smallest absolute Gasteiger partial charge is 0.242 e. The zero-order valence-electron chi connectivity index (χ0n) is 16.0. The van der Waals surface area contributed by atoms with Crippen LogP contribution in [0.15, 0.2) is 23.1 Å². The molecule has 1 atom stereocenters. The number of imidazole rings is 1. The predicted molar refractivity (Wildman–Crippen MR) is 104 cm³/mol. The number of aryl methyl sites for hydroxylation is 2. The molecule has 0 bridgehead atoms. The first-order valence-corrected chi connectivity index (χ1v) is 10.6. The van der Waals surface area contributed by atoms with Gasteiger partial charge in [0.05, 0.1) is 15.9 Å². The van der Waals surface area contributed by atoms with Gasteiger partial charge in [0.2, 0.25) is 15.9 Å². The number of sulfonamides is 1. The topological polar surface area (TPSA) is 96.3 Å². The number of amides is 1. The fourth-order valence-corrected chi connectivity index (χ4v) is 4.23. The van der Waals surface area contributed by atoms with Crippen molar-refractivity contribution in [1.29, 1.82) is 0 Å². The lowest BCUT2D eigenvalue weighted by molar-refractivity contribution is -0.121. The number of aromatic nitrogens is 2. The molecular formula is C18H27N5O3S. The number of carbonyl (C=O) groups is 1. The van der Waals surface area contributed by atoms with Crippen LogP contribution < -0.4 is 10.6 Å². The van der Waals surface area contributed by atoms with Crippen LogP contribution in [0.5, 0.6) is 0 Å². The van der Waals surface area contributed by atoms with Crippen molar-refractivity contribution in [2.24, 2.45) is 7.05 Å². The van der Waals surface area contributed by atoms with Gasteiger partial charge in [0, 0.05) is 46.6 Å². The van der Waals surface area contributed by atoms with Crippen LogP contribution >= 0.6 is 0 Å². The minimum Gasteiger partial charge on any atom is -0.355 e. The zero-order chi connectivity index (χ0) is 19.6. The van der Waals surface area contributed by atoms with Crippen LogP contribution in [-0.4, -0.2) is 61.4 Å². The lowest BCUT2D eigenvalue weighted by atomic mass is 10.2. The summed E-state index contributed by atoms with van der Waals surface area (Å²) < 4.78 is 27.7. The molecule has 1 saturated heterocycles. The van der Waals surface area contributed by atoms with Gasteiger partial charge in [-0.2, -0.15) is 0 Å². The van der Waals surface area contributed by atoms with E-state index in [9.17, 15) is 13.2 Å². The van der Waals surface area contributed by atoms with Gasteiger partial charge in [-0.25, -0.2) is 17.7 Å². The minimum atomic E-state index is -3.50. The van der Waals surface area contributed by atoms with Crippen molar-refractivity contribution in [3.05, 3.63) is 24.0 Å². The number of nitrogens with zero attached hydrogens (tertiary/aromatic N) is 3. The van der Waals surface area contributed by atoms with E-state index in [0.29, 0.717) is 30.9 Å². The second kappa shape index (κ2) is 7.95. The third kappa shape index (κ3) is 4.31. The first-order valence-electron chi connectivity index (χ1n) is 9.17. The van der Waals surface area contributed by atoms with E-state index in [1.165, 1.54) is 18.4 Å². The van der Waals surface area contributed by atoms with Gasteiger partial charge >= 0.3 is 0 Å². The number of hydrogen-bond donors (Lipinski definition) is 2. The van der Waals surface area contributed by atoms with Gasteiger partial charge in [-0.1, -0.05) is 0 Å². The quantitative estimate of drug-likeness (QED) is 0.719. The van der Waals surface area contributed by atoms with Crippen LogP contribution in [0.25, 0.3) is 11.0 Å². The van der Waals surface area contributed by atoms with Crippen molar-refractivity contribution in [2.45, 2.75) is 36.6 Å². The summed E-state index contributed by atoms with van der Waals surface area (Å²) in [7, 11) is 1.39. The van der Waals surface area contributed by atoms with E-state index >= 15 is 0 Å². The number of nitrogens with one attached hydrogen (secondary N) is 2. The number of carbonyl (C=O) groups excluding carboxylic acids is 1. The summed E-state index contributed by atoms with van der Waals surface area (Å²) in [5.74, 6) is 0.769. The normalized spacial score (nSPS) is 17.7. The fraction of sp³-hybridized carbons (Fsp3) is 0.556. The van der Waals surface area contributed by atoms with Gasteiger partial charge in [-0.15, -0.1) is 0 Å². The molecule has 3 rings (SSSR count). The third-order valence-electron chi connectivity index (χ3n) is 5.01. The number of hydrogen-bond acceptors (Lipinski definition) is 5. The first-order chi connectivity index (χ1) is 12.8. The molecule has 0 aliphatic carbocycles. The van der Waals surface area contributed by atoms with Gasteiger partial charge < -0.3 is 15.2 Å². The Morgan fingerprint density at radius 1 is 1.41 bits per heavy atom. The molecule has 1 fully saturated rings. The maximum atomic E-state index is 12.3. The summed E-state index contributed by atoms with van der Waals surface area (Å²) in [6.45, 7) is 1.68. The molecular weight excluding hydrogens is 366 g/mol. The van der Waals surface area contributed by atoms with Crippen molar-refractivity contribution < 1.29 is 13.2 Å². The summed E-state index contributed by atoms with van der Waals surface area (Å²) in [4.78, 5) is 16.9. The Labute approximate surface area is 160 Å². The molecule has 2 N–H and O–H groups in total. The third-order valence-corrected chi connectivity index (χ3v) is 6.82. The van der Waals surface area contributed by atoms with Crippen LogP contribution in [0.3, 0.4) is 0 Å². The Kier molecular flexibility index (Phi) is 5.83. The van der Waals surface area contributed by atoms with E-state index in [1.54, 1.807) is 18.2 Å². The molecule has 1 aromatic heterocycles. The van der Waals surface area contributed by atoms with E-state index in [4.69, 9.17) is 0 Å². The SMILES string of the molecule is CN(C)S(=O)(=O)c1ccc2c(c1)nc(CCC(=O)NC[C@@H]1CCCN1)n2C. The second-order valence-corrected chi connectivity index (χ2v) is 9.27. The molecule has 1 aliphatic rings. The summed E-state index contributed by atoms with van der Waals surface area (Å²) >= 11 is 0. The van der Waals surface area contributed by atoms with Crippen LogP contribution in [0.1, 0.15) is 25.1 Å². The highest BCUT2D eigenvalue weighted by molar-refractivity contribution is 7.89. The Balaban J connectivity index is 1.68. The molecule has 148 valence electrons. The van der Waals surface area contributed by atoms with Crippen LogP contribution in [0.4, 0.5) is 0 Å². The molecule has 0 spiro atoms. The van der Waals surface area contributed by atoms with Gasteiger partial charge in [0.15, 0.2) is 0 Å². The fourth-order valence-electron chi connectivity index (χ4n) is 3.31. The monoisotopic (exact) mass is 393 g/mol. The highest BCUT2D eigenvalue weighted by Crippen LogP contribution is 2.21. The Hall–Kier alpha value is -1.97. The number of rotatable bonds is 7. The molecule has 2 aromatic rings. The molecule has 0 saturated carbocycles. The van der Waals surface area contributed by atoms with E-state index in [0.717, 1.165) is 30.7 Å². The molecule has 2 heterocycles. The maximum absolute atomic E-state index is 12.3. The summed E-state index contributed by atoms with van der Waals surface area (Å²) in [6, 6.07) is 5.31. The highest BCUT2D eigenvalue weighted by atomic mass is 32.2. The van der Waals surface area contributed by atoms with Crippen molar-refractivity contribution in [3.63, 3.8) is 0 Å². The molecule has 27 heavy (non-hydrogen) atoms. The molecule has 9 heteroatoms. The Morgan fingerprint density at radius 2 is 2.19 bits per heavy atom. The lowest BCUT2D eigenvalue weighted by Gasteiger charge is -2.11. The number of benzene rings is 1. The van der Waals surface area contributed by atoms with Crippen LogP contribution in [-0.2, 0) is 28.3 Å². The minimum absolute atomic E-state index is 0.00614. The van der Waals surface area contributed by atoms with Crippen molar-refractivity contribution in [1.82, 2.24) is 24.5 Å². The molecule has 0 unspecified atom stereocenters. The van der Waals surface area contributed by atoms with Gasteiger partial charge in [-0.3, -0.25) is 4.79 Å². The van der Waals surface area contributed by atoms with E-state index < -0.39 is 10.0 Å². The lowest BCUT2D eigenvalue weighted by Crippen LogP contribution is -2.37. The van der Waals surface area contributed by atoms with Crippen molar-refractivity contribution in [2.75, 3.05) is 27.2 Å². The molecule has 1 aromatic carbocycles. The Bertz CT molecular complexity index is 930.